The number of aromatic nitrogens is 1. The second-order valence-electron chi connectivity index (χ2n) is 7.09. The van der Waals surface area contributed by atoms with Gasteiger partial charge in [-0.15, -0.1) is 0 Å². The minimum atomic E-state index is -3.80. The molecule has 1 aliphatic carbocycles. The van der Waals surface area contributed by atoms with Crippen LogP contribution >= 0.6 is 0 Å². The quantitative estimate of drug-likeness (QED) is 0.630. The van der Waals surface area contributed by atoms with E-state index in [2.05, 4.69) is 15.0 Å². The van der Waals surface area contributed by atoms with Crippen LogP contribution in [0.25, 0.3) is 0 Å². The Kier molecular flexibility index (Phi) is 7.28. The zero-order valence-electron chi connectivity index (χ0n) is 17.2. The molecule has 1 amide bonds. The summed E-state index contributed by atoms with van der Waals surface area (Å²) < 4.78 is 39.1. The second kappa shape index (κ2) is 9.90. The summed E-state index contributed by atoms with van der Waals surface area (Å²) in [5.41, 5.74) is 1.06. The van der Waals surface area contributed by atoms with Gasteiger partial charge in [-0.1, -0.05) is 12.8 Å². The maximum Gasteiger partial charge on any atom is 0.251 e. The predicted molar refractivity (Wildman–Crippen MR) is 112 cm³/mol. The Morgan fingerprint density at radius 2 is 1.97 bits per heavy atom. The lowest BCUT2D eigenvalue weighted by Gasteiger charge is -2.16. The molecule has 1 heterocycles. The van der Waals surface area contributed by atoms with Gasteiger partial charge in [-0.2, -0.15) is 0 Å². The number of carbonyl (C=O) groups is 1. The van der Waals surface area contributed by atoms with Gasteiger partial charge >= 0.3 is 0 Å². The molecule has 0 unspecified atom stereocenters. The summed E-state index contributed by atoms with van der Waals surface area (Å²) in [6.45, 7) is 2.63. The Labute approximate surface area is 177 Å². The van der Waals surface area contributed by atoms with Gasteiger partial charge in [0.2, 0.25) is 15.9 Å². The molecule has 0 atom stereocenters. The molecule has 0 spiro atoms. The van der Waals surface area contributed by atoms with Crippen LogP contribution in [-0.2, 0) is 16.6 Å². The van der Waals surface area contributed by atoms with Crippen LogP contribution in [-0.4, -0.2) is 39.1 Å². The average molecular weight is 434 g/mol. The number of carbonyl (C=O) groups excluding carboxylic acids is 1. The van der Waals surface area contributed by atoms with E-state index in [1.807, 2.05) is 6.92 Å². The minimum Gasteiger partial charge on any atom is -0.495 e. The van der Waals surface area contributed by atoms with Crippen molar-refractivity contribution in [3.8, 4) is 11.6 Å². The third kappa shape index (κ3) is 5.48. The van der Waals surface area contributed by atoms with Crippen LogP contribution in [0.3, 0.4) is 0 Å². The molecule has 3 rings (SSSR count). The van der Waals surface area contributed by atoms with Crippen molar-refractivity contribution in [3.63, 3.8) is 0 Å². The summed E-state index contributed by atoms with van der Waals surface area (Å²) in [5.74, 6) is 0.303. The Morgan fingerprint density at radius 3 is 2.67 bits per heavy atom. The van der Waals surface area contributed by atoms with E-state index in [9.17, 15) is 13.2 Å². The van der Waals surface area contributed by atoms with Crippen molar-refractivity contribution >= 4 is 15.9 Å². The summed E-state index contributed by atoms with van der Waals surface area (Å²) in [5, 5.41) is 2.80. The number of hydrogen-bond donors (Lipinski definition) is 2. The van der Waals surface area contributed by atoms with Crippen molar-refractivity contribution in [1.82, 2.24) is 15.0 Å². The van der Waals surface area contributed by atoms with E-state index in [4.69, 9.17) is 9.47 Å². The maximum atomic E-state index is 12.9. The lowest BCUT2D eigenvalue weighted by molar-refractivity contribution is 0.0950. The van der Waals surface area contributed by atoms with E-state index >= 15 is 0 Å². The number of ether oxygens (including phenoxy) is 2. The van der Waals surface area contributed by atoms with Gasteiger partial charge in [0.15, 0.2) is 0 Å². The fraction of sp³-hybridized carbons (Fsp3) is 0.429. The Morgan fingerprint density at radius 1 is 1.20 bits per heavy atom. The zero-order valence-corrected chi connectivity index (χ0v) is 18.0. The molecule has 2 aromatic rings. The van der Waals surface area contributed by atoms with Crippen LogP contribution in [0.1, 0.15) is 48.5 Å². The summed E-state index contributed by atoms with van der Waals surface area (Å²) in [6.07, 6.45) is 5.26. The van der Waals surface area contributed by atoms with Crippen LogP contribution in [0.4, 0.5) is 0 Å². The van der Waals surface area contributed by atoms with E-state index in [0.29, 0.717) is 12.5 Å². The Hall–Kier alpha value is -2.65. The summed E-state index contributed by atoms with van der Waals surface area (Å²) in [7, 11) is -2.40. The van der Waals surface area contributed by atoms with Crippen LogP contribution in [0.5, 0.6) is 11.6 Å². The van der Waals surface area contributed by atoms with Gasteiger partial charge in [-0.3, -0.25) is 4.79 Å². The monoisotopic (exact) mass is 433 g/mol. The first-order valence-corrected chi connectivity index (χ1v) is 11.5. The Balaban J connectivity index is 1.75. The molecule has 1 aromatic carbocycles. The van der Waals surface area contributed by atoms with Gasteiger partial charge in [-0.25, -0.2) is 18.1 Å². The minimum absolute atomic E-state index is 0.0351. The van der Waals surface area contributed by atoms with Gasteiger partial charge in [0.1, 0.15) is 10.6 Å². The zero-order chi connectivity index (χ0) is 21.6. The van der Waals surface area contributed by atoms with Crippen molar-refractivity contribution in [2.45, 2.75) is 50.1 Å². The highest BCUT2D eigenvalue weighted by atomic mass is 32.2. The third-order valence-corrected chi connectivity index (χ3v) is 6.48. The van der Waals surface area contributed by atoms with Gasteiger partial charge < -0.3 is 14.8 Å². The van der Waals surface area contributed by atoms with Crippen molar-refractivity contribution < 1.29 is 22.7 Å². The standard InChI is InChI=1S/C21H27N3O5S/c1-3-29-20-12-15(10-11-22-20)14-23-21(25)16-8-9-18(28-2)19(13-16)30(26,27)24-17-6-4-5-7-17/h8-13,17,24H,3-7,14H2,1-2H3,(H,23,25). The smallest absolute Gasteiger partial charge is 0.251 e. The number of hydrogen-bond acceptors (Lipinski definition) is 6. The van der Waals surface area contributed by atoms with E-state index in [0.717, 1.165) is 31.2 Å². The molecule has 1 aromatic heterocycles. The van der Waals surface area contributed by atoms with Gasteiger partial charge in [0.05, 0.1) is 13.7 Å². The highest BCUT2D eigenvalue weighted by Crippen LogP contribution is 2.27. The van der Waals surface area contributed by atoms with Crippen molar-refractivity contribution in [2.24, 2.45) is 0 Å². The molecule has 8 nitrogen and oxygen atoms in total. The van der Waals surface area contributed by atoms with Crippen LogP contribution in [0, 0.1) is 0 Å². The fourth-order valence-corrected chi connectivity index (χ4v) is 4.93. The summed E-state index contributed by atoms with van der Waals surface area (Å²) in [6, 6.07) is 7.84. The molecule has 9 heteroatoms. The van der Waals surface area contributed by atoms with Gasteiger partial charge in [0.25, 0.3) is 5.91 Å². The van der Waals surface area contributed by atoms with E-state index in [1.165, 1.54) is 19.2 Å². The number of pyridine rings is 1. The lowest BCUT2D eigenvalue weighted by atomic mass is 10.2. The number of amides is 1. The topological polar surface area (TPSA) is 107 Å². The normalized spacial score (nSPS) is 14.5. The number of nitrogens with zero attached hydrogens (tertiary/aromatic N) is 1. The molecule has 0 radical (unpaired) electrons. The average Bonchev–Trinajstić information content (AvgIpc) is 3.24. The number of nitrogens with one attached hydrogen (secondary N) is 2. The molecule has 0 saturated heterocycles. The van der Waals surface area contributed by atoms with Crippen molar-refractivity contribution in [1.29, 1.82) is 0 Å². The first kappa shape index (κ1) is 22.0. The van der Waals surface area contributed by atoms with Gasteiger partial charge in [-0.05, 0) is 49.6 Å². The van der Waals surface area contributed by atoms with Crippen LogP contribution in [0.2, 0.25) is 0 Å². The molecular weight excluding hydrogens is 406 g/mol. The molecule has 1 saturated carbocycles. The summed E-state index contributed by atoms with van der Waals surface area (Å²) in [4.78, 5) is 16.7. The molecule has 0 bridgehead atoms. The highest BCUT2D eigenvalue weighted by molar-refractivity contribution is 7.89. The third-order valence-electron chi connectivity index (χ3n) is 4.94. The number of rotatable bonds is 9. The van der Waals surface area contributed by atoms with E-state index < -0.39 is 10.0 Å². The molecule has 1 fully saturated rings. The molecule has 2 N–H and O–H groups in total. The largest absolute Gasteiger partial charge is 0.495 e. The molecule has 162 valence electrons. The first-order valence-electron chi connectivity index (χ1n) is 9.99. The first-order chi connectivity index (χ1) is 14.4. The molecule has 1 aliphatic rings. The summed E-state index contributed by atoms with van der Waals surface area (Å²) >= 11 is 0. The van der Waals surface area contributed by atoms with Crippen LogP contribution < -0.4 is 19.5 Å². The predicted octanol–water partition coefficient (Wildman–Crippen LogP) is 2.64. The molecule has 30 heavy (non-hydrogen) atoms. The van der Waals surface area contributed by atoms with Crippen molar-refractivity contribution in [3.05, 3.63) is 47.7 Å². The lowest BCUT2D eigenvalue weighted by Crippen LogP contribution is -2.33. The van der Waals surface area contributed by atoms with Crippen molar-refractivity contribution in [2.75, 3.05) is 13.7 Å². The number of benzene rings is 1. The maximum absolute atomic E-state index is 12.9. The molecule has 0 aliphatic heterocycles. The van der Waals surface area contributed by atoms with Crippen LogP contribution in [0.15, 0.2) is 41.4 Å². The fourth-order valence-electron chi connectivity index (χ4n) is 3.43. The van der Waals surface area contributed by atoms with E-state index in [1.54, 1.807) is 24.4 Å². The number of methoxy groups -OCH3 is 1. The number of sulfonamides is 1. The van der Waals surface area contributed by atoms with Gasteiger partial charge in [0, 0.05) is 30.4 Å². The SMILES string of the molecule is CCOc1cc(CNC(=O)c2ccc(OC)c(S(=O)(=O)NC3CCCC3)c2)ccn1. The highest BCUT2D eigenvalue weighted by Gasteiger charge is 2.26. The second-order valence-corrected chi connectivity index (χ2v) is 8.77. The van der Waals surface area contributed by atoms with E-state index in [-0.39, 0.29) is 34.7 Å². The molecular formula is C21H27N3O5S. The Bertz CT molecular complexity index is 988.